The highest BCUT2D eigenvalue weighted by atomic mass is 16.3. The Kier molecular flexibility index (Phi) is 4.26. The first-order chi connectivity index (χ1) is 18.3. The first-order valence-corrected chi connectivity index (χ1v) is 12.5. The fourth-order valence-electron chi connectivity index (χ4n) is 5.82. The number of hydrogen-bond acceptors (Lipinski definition) is 2. The van der Waals surface area contributed by atoms with E-state index in [-0.39, 0.29) is 0 Å². The van der Waals surface area contributed by atoms with Crippen LogP contribution in [0.15, 0.2) is 132 Å². The minimum absolute atomic E-state index is 0.921. The van der Waals surface area contributed by atoms with Crippen molar-refractivity contribution in [3.8, 4) is 22.3 Å². The number of para-hydroxylation sites is 2. The Morgan fingerprint density at radius 3 is 2.03 bits per heavy atom. The predicted octanol–water partition coefficient (Wildman–Crippen LogP) is 9.77. The molecule has 0 atom stereocenters. The molecule has 0 aliphatic rings. The summed E-state index contributed by atoms with van der Waals surface area (Å²) < 4.78 is 6.32. The number of rotatable bonds is 2. The number of hydrogen-bond donors (Lipinski definition) is 0. The lowest BCUT2D eigenvalue weighted by atomic mass is 9.92. The molecule has 2 heteroatoms. The SMILES string of the molecule is c1cc(-c2ccc3c4ccccc4c4cnccc4c3c2)cc(-c2cccc3c2oc2ccccc23)c1. The van der Waals surface area contributed by atoms with Gasteiger partial charge < -0.3 is 4.42 Å². The minimum Gasteiger partial charge on any atom is -0.455 e. The largest absolute Gasteiger partial charge is 0.455 e. The average molecular weight is 472 g/mol. The van der Waals surface area contributed by atoms with Crippen molar-refractivity contribution in [2.24, 2.45) is 0 Å². The molecular weight excluding hydrogens is 450 g/mol. The van der Waals surface area contributed by atoms with Gasteiger partial charge in [-0.25, -0.2) is 0 Å². The number of fused-ring (bicyclic) bond motifs is 9. The average Bonchev–Trinajstić information content (AvgIpc) is 3.36. The van der Waals surface area contributed by atoms with Crippen molar-refractivity contribution in [1.29, 1.82) is 0 Å². The molecule has 0 aliphatic heterocycles. The second-order valence-corrected chi connectivity index (χ2v) is 9.59. The number of nitrogens with zero attached hydrogens (tertiary/aromatic N) is 1. The molecule has 0 saturated carbocycles. The third-order valence-electron chi connectivity index (χ3n) is 7.55. The van der Waals surface area contributed by atoms with Gasteiger partial charge in [0.15, 0.2) is 0 Å². The summed E-state index contributed by atoms with van der Waals surface area (Å²) in [5.41, 5.74) is 6.49. The van der Waals surface area contributed by atoms with E-state index in [0.717, 1.165) is 33.1 Å². The molecule has 2 heterocycles. The molecule has 0 unspecified atom stereocenters. The lowest BCUT2D eigenvalue weighted by molar-refractivity contribution is 0.670. The van der Waals surface area contributed by atoms with E-state index < -0.39 is 0 Å². The van der Waals surface area contributed by atoms with Gasteiger partial charge in [-0.05, 0) is 67.9 Å². The lowest BCUT2D eigenvalue weighted by Crippen LogP contribution is -1.86. The molecule has 8 aromatic rings. The molecule has 8 rings (SSSR count). The molecular formula is C35H21NO. The zero-order chi connectivity index (χ0) is 24.3. The fraction of sp³-hybridized carbons (Fsp3) is 0. The van der Waals surface area contributed by atoms with Gasteiger partial charge in [-0.2, -0.15) is 0 Å². The van der Waals surface area contributed by atoms with Gasteiger partial charge >= 0.3 is 0 Å². The van der Waals surface area contributed by atoms with E-state index in [1.165, 1.54) is 43.4 Å². The normalized spacial score (nSPS) is 11.8. The van der Waals surface area contributed by atoms with Crippen LogP contribution in [0.4, 0.5) is 0 Å². The third-order valence-corrected chi connectivity index (χ3v) is 7.55. The summed E-state index contributed by atoms with van der Waals surface area (Å²) in [7, 11) is 0. The Morgan fingerprint density at radius 2 is 1.11 bits per heavy atom. The number of aromatic nitrogens is 1. The first kappa shape index (κ1) is 20.3. The number of pyridine rings is 1. The second-order valence-electron chi connectivity index (χ2n) is 9.59. The monoisotopic (exact) mass is 471 g/mol. The van der Waals surface area contributed by atoms with E-state index in [0.29, 0.717) is 0 Å². The van der Waals surface area contributed by atoms with Crippen LogP contribution >= 0.6 is 0 Å². The van der Waals surface area contributed by atoms with Gasteiger partial charge in [-0.15, -0.1) is 0 Å². The zero-order valence-corrected chi connectivity index (χ0v) is 20.0. The molecule has 172 valence electrons. The summed E-state index contributed by atoms with van der Waals surface area (Å²) in [5, 5.41) is 9.73. The molecule has 0 fully saturated rings. The van der Waals surface area contributed by atoms with Crippen LogP contribution < -0.4 is 0 Å². The van der Waals surface area contributed by atoms with Crippen molar-refractivity contribution in [3.05, 3.63) is 128 Å². The van der Waals surface area contributed by atoms with Crippen molar-refractivity contribution in [1.82, 2.24) is 4.98 Å². The van der Waals surface area contributed by atoms with Crippen LogP contribution in [0, 0.1) is 0 Å². The molecule has 0 spiro atoms. The van der Waals surface area contributed by atoms with Crippen molar-refractivity contribution in [2.45, 2.75) is 0 Å². The Balaban J connectivity index is 1.34. The molecule has 37 heavy (non-hydrogen) atoms. The summed E-state index contributed by atoms with van der Waals surface area (Å²) in [6, 6.07) is 41.0. The molecule has 0 bridgehead atoms. The van der Waals surface area contributed by atoms with Crippen LogP contribution in [-0.4, -0.2) is 4.98 Å². The zero-order valence-electron chi connectivity index (χ0n) is 20.0. The molecule has 0 aliphatic carbocycles. The van der Waals surface area contributed by atoms with Crippen molar-refractivity contribution in [2.75, 3.05) is 0 Å². The molecule has 0 radical (unpaired) electrons. The first-order valence-electron chi connectivity index (χ1n) is 12.5. The molecule has 6 aromatic carbocycles. The van der Waals surface area contributed by atoms with Gasteiger partial charge in [0, 0.05) is 34.1 Å². The standard InChI is InChI=1S/C35H21NO/c1-2-10-27-26(9-1)28-16-15-23(20-32(28)29-17-18-36-21-33(27)29)22-7-5-8-24(19-22)25-12-6-13-31-30-11-3-4-14-34(30)37-35(25)31/h1-21H. The highest BCUT2D eigenvalue weighted by Crippen LogP contribution is 2.39. The van der Waals surface area contributed by atoms with Crippen LogP contribution in [0.2, 0.25) is 0 Å². The fourth-order valence-corrected chi connectivity index (χ4v) is 5.82. The Bertz CT molecular complexity index is 2120. The van der Waals surface area contributed by atoms with Crippen molar-refractivity contribution >= 4 is 54.3 Å². The smallest absolute Gasteiger partial charge is 0.143 e. The Hall–Kier alpha value is -4.95. The van der Waals surface area contributed by atoms with Gasteiger partial charge in [-0.3, -0.25) is 4.98 Å². The van der Waals surface area contributed by atoms with E-state index in [9.17, 15) is 0 Å². The second kappa shape index (κ2) is 7.78. The maximum Gasteiger partial charge on any atom is 0.143 e. The number of furan rings is 1. The molecule has 0 N–H and O–H groups in total. The highest BCUT2D eigenvalue weighted by molar-refractivity contribution is 6.25. The van der Waals surface area contributed by atoms with Crippen LogP contribution in [0.25, 0.3) is 76.5 Å². The summed E-state index contributed by atoms with van der Waals surface area (Å²) in [4.78, 5) is 4.43. The summed E-state index contributed by atoms with van der Waals surface area (Å²) >= 11 is 0. The van der Waals surface area contributed by atoms with Gasteiger partial charge in [0.25, 0.3) is 0 Å². The minimum atomic E-state index is 0.921. The van der Waals surface area contributed by atoms with Crippen LogP contribution in [0.5, 0.6) is 0 Å². The van der Waals surface area contributed by atoms with Gasteiger partial charge in [0.05, 0.1) is 0 Å². The van der Waals surface area contributed by atoms with Crippen molar-refractivity contribution < 1.29 is 4.42 Å². The van der Waals surface area contributed by atoms with Gasteiger partial charge in [-0.1, -0.05) is 91.0 Å². The Labute approximate surface area is 213 Å². The van der Waals surface area contributed by atoms with Crippen LogP contribution in [0.3, 0.4) is 0 Å². The van der Waals surface area contributed by atoms with E-state index >= 15 is 0 Å². The molecule has 2 aromatic heterocycles. The topological polar surface area (TPSA) is 26.0 Å². The summed E-state index contributed by atoms with van der Waals surface area (Å²) in [6.45, 7) is 0. The third kappa shape index (κ3) is 3.03. The molecule has 2 nitrogen and oxygen atoms in total. The molecule has 0 saturated heterocycles. The van der Waals surface area contributed by atoms with Crippen LogP contribution in [-0.2, 0) is 0 Å². The van der Waals surface area contributed by atoms with E-state index in [2.05, 4.69) is 108 Å². The summed E-state index contributed by atoms with van der Waals surface area (Å²) in [6.07, 6.45) is 3.87. The number of benzene rings is 6. The van der Waals surface area contributed by atoms with E-state index in [4.69, 9.17) is 4.42 Å². The summed E-state index contributed by atoms with van der Waals surface area (Å²) in [5.74, 6) is 0. The van der Waals surface area contributed by atoms with E-state index in [1.54, 1.807) is 0 Å². The van der Waals surface area contributed by atoms with Crippen LogP contribution in [0.1, 0.15) is 0 Å². The quantitative estimate of drug-likeness (QED) is 0.235. The lowest BCUT2D eigenvalue weighted by Gasteiger charge is -2.12. The van der Waals surface area contributed by atoms with Gasteiger partial charge in [0.1, 0.15) is 11.2 Å². The maximum atomic E-state index is 6.32. The van der Waals surface area contributed by atoms with E-state index in [1.807, 2.05) is 24.5 Å². The Morgan fingerprint density at radius 1 is 0.432 bits per heavy atom. The molecule has 0 amide bonds. The maximum absolute atomic E-state index is 6.32. The predicted molar refractivity (Wildman–Crippen MR) is 155 cm³/mol. The van der Waals surface area contributed by atoms with Gasteiger partial charge in [0.2, 0.25) is 0 Å². The highest BCUT2D eigenvalue weighted by Gasteiger charge is 2.13. The van der Waals surface area contributed by atoms with Crippen molar-refractivity contribution in [3.63, 3.8) is 0 Å².